The molecule has 0 bridgehead atoms. The zero-order valence-corrected chi connectivity index (χ0v) is 13.1. The molecular weight excluding hydrogens is 256 g/mol. The first kappa shape index (κ1) is 14.6. The lowest BCUT2D eigenvalue weighted by atomic mass is 9.98. The van der Waals surface area contributed by atoms with Crippen molar-refractivity contribution in [2.24, 2.45) is 5.73 Å². The highest BCUT2D eigenvalue weighted by atomic mass is 15.2. The minimum Gasteiger partial charge on any atom is -0.323 e. The normalized spacial score (nSPS) is 24.5. The van der Waals surface area contributed by atoms with Gasteiger partial charge in [-0.3, -0.25) is 4.90 Å². The standard InChI is InChI=1S/C19H26N2/c1-3-16-12-11-14(2)21(16)13-19(20)18-10-6-8-15-7-4-5-9-17(15)18/h4-10,14,16,19H,3,11-13,20H2,1-2H3. The highest BCUT2D eigenvalue weighted by Gasteiger charge is 2.30. The molecule has 1 saturated heterocycles. The van der Waals surface area contributed by atoms with Crippen molar-refractivity contribution in [1.82, 2.24) is 4.90 Å². The summed E-state index contributed by atoms with van der Waals surface area (Å²) in [6.45, 7) is 5.60. The van der Waals surface area contributed by atoms with Gasteiger partial charge in [-0.15, -0.1) is 0 Å². The molecule has 1 aliphatic rings. The Kier molecular flexibility index (Phi) is 4.27. The van der Waals surface area contributed by atoms with Crippen LogP contribution >= 0.6 is 0 Å². The monoisotopic (exact) mass is 282 g/mol. The van der Waals surface area contributed by atoms with Gasteiger partial charge in [0.15, 0.2) is 0 Å². The minimum atomic E-state index is 0.0886. The molecule has 3 rings (SSSR count). The molecule has 21 heavy (non-hydrogen) atoms. The van der Waals surface area contributed by atoms with Crippen molar-refractivity contribution in [3.63, 3.8) is 0 Å². The van der Waals surface area contributed by atoms with Crippen LogP contribution in [0.2, 0.25) is 0 Å². The number of fused-ring (bicyclic) bond motifs is 1. The van der Waals surface area contributed by atoms with E-state index < -0.39 is 0 Å². The van der Waals surface area contributed by atoms with E-state index in [0.717, 1.165) is 6.54 Å². The van der Waals surface area contributed by atoms with Gasteiger partial charge in [0.25, 0.3) is 0 Å². The van der Waals surface area contributed by atoms with E-state index in [2.05, 4.69) is 61.2 Å². The smallest absolute Gasteiger partial charge is 0.0430 e. The Morgan fingerprint density at radius 2 is 1.90 bits per heavy atom. The van der Waals surface area contributed by atoms with Crippen LogP contribution in [0.3, 0.4) is 0 Å². The summed E-state index contributed by atoms with van der Waals surface area (Å²) in [7, 11) is 0. The summed E-state index contributed by atoms with van der Waals surface area (Å²) >= 11 is 0. The molecule has 0 radical (unpaired) electrons. The van der Waals surface area contributed by atoms with Crippen molar-refractivity contribution < 1.29 is 0 Å². The lowest BCUT2D eigenvalue weighted by Crippen LogP contribution is -2.39. The van der Waals surface area contributed by atoms with Crippen molar-refractivity contribution in [3.05, 3.63) is 48.0 Å². The maximum atomic E-state index is 6.58. The summed E-state index contributed by atoms with van der Waals surface area (Å²) in [5, 5.41) is 2.58. The van der Waals surface area contributed by atoms with Crippen LogP contribution in [-0.4, -0.2) is 23.5 Å². The third kappa shape index (κ3) is 2.83. The lowest BCUT2D eigenvalue weighted by Gasteiger charge is -2.30. The van der Waals surface area contributed by atoms with Crippen LogP contribution in [0.1, 0.15) is 44.7 Å². The van der Waals surface area contributed by atoms with Gasteiger partial charge in [0.2, 0.25) is 0 Å². The predicted molar refractivity (Wildman–Crippen MR) is 90.4 cm³/mol. The fraction of sp³-hybridized carbons (Fsp3) is 0.474. The third-order valence-corrected chi connectivity index (χ3v) is 5.05. The molecule has 2 N–H and O–H groups in total. The van der Waals surface area contributed by atoms with Crippen LogP contribution in [0, 0.1) is 0 Å². The Morgan fingerprint density at radius 1 is 1.14 bits per heavy atom. The Labute approximate surface area is 127 Å². The number of likely N-dealkylation sites (tertiary alicyclic amines) is 1. The van der Waals surface area contributed by atoms with Crippen molar-refractivity contribution >= 4 is 10.8 Å². The van der Waals surface area contributed by atoms with Gasteiger partial charge in [-0.05, 0) is 42.5 Å². The predicted octanol–water partition coefficient (Wildman–Crippen LogP) is 4.10. The molecule has 3 atom stereocenters. The first-order chi connectivity index (χ1) is 10.2. The Bertz CT molecular complexity index is 602. The van der Waals surface area contributed by atoms with E-state index >= 15 is 0 Å². The molecule has 2 aromatic rings. The van der Waals surface area contributed by atoms with E-state index in [1.54, 1.807) is 0 Å². The molecule has 1 aliphatic heterocycles. The molecular formula is C19H26N2. The zero-order valence-electron chi connectivity index (χ0n) is 13.1. The molecule has 0 spiro atoms. The van der Waals surface area contributed by atoms with Gasteiger partial charge in [0.05, 0.1) is 0 Å². The Balaban J connectivity index is 1.85. The number of nitrogens with two attached hydrogens (primary N) is 1. The van der Waals surface area contributed by atoms with E-state index in [0.29, 0.717) is 12.1 Å². The largest absolute Gasteiger partial charge is 0.323 e. The summed E-state index contributed by atoms with van der Waals surface area (Å²) in [4.78, 5) is 2.62. The summed E-state index contributed by atoms with van der Waals surface area (Å²) in [5.74, 6) is 0. The summed E-state index contributed by atoms with van der Waals surface area (Å²) < 4.78 is 0. The van der Waals surface area contributed by atoms with E-state index in [-0.39, 0.29) is 6.04 Å². The second kappa shape index (κ2) is 6.17. The topological polar surface area (TPSA) is 29.3 Å². The number of hydrogen-bond donors (Lipinski definition) is 1. The first-order valence-electron chi connectivity index (χ1n) is 8.19. The fourth-order valence-corrected chi connectivity index (χ4v) is 3.79. The molecule has 2 heteroatoms. The number of benzene rings is 2. The van der Waals surface area contributed by atoms with E-state index in [4.69, 9.17) is 5.73 Å². The second-order valence-corrected chi connectivity index (χ2v) is 6.36. The highest BCUT2D eigenvalue weighted by molar-refractivity contribution is 5.86. The molecule has 0 amide bonds. The molecule has 0 saturated carbocycles. The zero-order chi connectivity index (χ0) is 14.8. The molecule has 2 nitrogen and oxygen atoms in total. The van der Waals surface area contributed by atoms with Gasteiger partial charge in [0, 0.05) is 24.7 Å². The van der Waals surface area contributed by atoms with E-state index in [1.807, 2.05) is 0 Å². The summed E-state index contributed by atoms with van der Waals surface area (Å²) in [6.07, 6.45) is 3.85. The van der Waals surface area contributed by atoms with Crippen molar-refractivity contribution in [2.75, 3.05) is 6.54 Å². The molecule has 0 aliphatic carbocycles. The number of nitrogens with zero attached hydrogens (tertiary/aromatic N) is 1. The van der Waals surface area contributed by atoms with Gasteiger partial charge in [0.1, 0.15) is 0 Å². The highest BCUT2D eigenvalue weighted by Crippen LogP contribution is 2.30. The van der Waals surface area contributed by atoms with E-state index in [9.17, 15) is 0 Å². The number of hydrogen-bond acceptors (Lipinski definition) is 2. The van der Waals surface area contributed by atoms with Crippen LogP contribution in [0.25, 0.3) is 10.8 Å². The van der Waals surface area contributed by atoms with Gasteiger partial charge in [-0.25, -0.2) is 0 Å². The van der Waals surface area contributed by atoms with Crippen LogP contribution in [-0.2, 0) is 0 Å². The van der Waals surface area contributed by atoms with Gasteiger partial charge < -0.3 is 5.73 Å². The van der Waals surface area contributed by atoms with Crippen LogP contribution in [0.5, 0.6) is 0 Å². The van der Waals surface area contributed by atoms with Crippen molar-refractivity contribution in [3.8, 4) is 0 Å². The van der Waals surface area contributed by atoms with Crippen LogP contribution in [0.4, 0.5) is 0 Å². The van der Waals surface area contributed by atoms with Gasteiger partial charge in [-0.1, -0.05) is 49.4 Å². The molecule has 3 unspecified atom stereocenters. The fourth-order valence-electron chi connectivity index (χ4n) is 3.79. The minimum absolute atomic E-state index is 0.0886. The van der Waals surface area contributed by atoms with E-state index in [1.165, 1.54) is 35.6 Å². The third-order valence-electron chi connectivity index (χ3n) is 5.05. The van der Waals surface area contributed by atoms with Gasteiger partial charge in [-0.2, -0.15) is 0 Å². The maximum absolute atomic E-state index is 6.58. The molecule has 0 aromatic heterocycles. The lowest BCUT2D eigenvalue weighted by molar-refractivity contribution is 0.187. The summed E-state index contributed by atoms with van der Waals surface area (Å²) in [6, 6.07) is 16.5. The van der Waals surface area contributed by atoms with Crippen molar-refractivity contribution in [1.29, 1.82) is 0 Å². The average Bonchev–Trinajstić information content (AvgIpc) is 2.87. The van der Waals surface area contributed by atoms with Crippen molar-refractivity contribution in [2.45, 2.75) is 51.2 Å². The maximum Gasteiger partial charge on any atom is 0.0430 e. The molecule has 1 fully saturated rings. The quantitative estimate of drug-likeness (QED) is 0.914. The number of rotatable bonds is 4. The average molecular weight is 282 g/mol. The molecule has 2 aromatic carbocycles. The Morgan fingerprint density at radius 3 is 2.71 bits per heavy atom. The second-order valence-electron chi connectivity index (χ2n) is 6.36. The van der Waals surface area contributed by atoms with Crippen LogP contribution in [0.15, 0.2) is 42.5 Å². The van der Waals surface area contributed by atoms with Crippen LogP contribution < -0.4 is 5.73 Å². The molecule has 112 valence electrons. The first-order valence-corrected chi connectivity index (χ1v) is 8.19. The summed E-state index contributed by atoms with van der Waals surface area (Å²) in [5.41, 5.74) is 7.86. The Hall–Kier alpha value is -1.38. The SMILES string of the molecule is CCC1CCC(C)N1CC(N)c1cccc2ccccc12. The molecule has 1 heterocycles. The van der Waals surface area contributed by atoms with Gasteiger partial charge >= 0.3 is 0 Å².